The summed E-state index contributed by atoms with van der Waals surface area (Å²) in [6, 6.07) is 20.4. The molecule has 1 aromatic heterocycles. The number of hydrogen-bond donors (Lipinski definition) is 0. The maximum atomic E-state index is 5.47. The number of hydrogen-bond acceptors (Lipinski definition) is 4. The number of rotatable bonds is 3. The second-order valence-corrected chi connectivity index (χ2v) is 7.13. The summed E-state index contributed by atoms with van der Waals surface area (Å²) in [7, 11) is 3.29. The standard InChI is InChI=1S/C25H20N2O2/c1-15-8-10-17-18(12-15)19(13-16-9-11-22(28-2)23(14-16)29-3)25-24(17)26-20-6-4-5-7-21(20)27-25/h4-14H,1-3H3. The molecule has 1 heterocycles. The van der Waals surface area contributed by atoms with Gasteiger partial charge in [-0.2, -0.15) is 0 Å². The van der Waals surface area contributed by atoms with Crippen LogP contribution in [0.25, 0.3) is 33.9 Å². The van der Waals surface area contributed by atoms with Crippen LogP contribution < -0.4 is 9.47 Å². The molecular weight excluding hydrogens is 360 g/mol. The summed E-state index contributed by atoms with van der Waals surface area (Å²) in [5.74, 6) is 1.41. The minimum absolute atomic E-state index is 0.703. The smallest absolute Gasteiger partial charge is 0.161 e. The first-order valence-electron chi connectivity index (χ1n) is 9.50. The molecular formula is C25H20N2O2. The summed E-state index contributed by atoms with van der Waals surface area (Å²) in [4.78, 5) is 9.90. The fraction of sp³-hybridized carbons (Fsp3) is 0.120. The van der Waals surface area contributed by atoms with Crippen LogP contribution in [0.4, 0.5) is 0 Å². The van der Waals surface area contributed by atoms with Crippen LogP contribution in [0.1, 0.15) is 22.4 Å². The fourth-order valence-electron chi connectivity index (χ4n) is 3.85. The summed E-state index contributed by atoms with van der Waals surface area (Å²) in [6.45, 7) is 2.11. The average Bonchev–Trinajstić information content (AvgIpc) is 3.04. The highest BCUT2D eigenvalue weighted by atomic mass is 16.5. The average molecular weight is 380 g/mol. The van der Waals surface area contributed by atoms with Crippen LogP contribution in [0.2, 0.25) is 0 Å². The Morgan fingerprint density at radius 3 is 2.17 bits per heavy atom. The number of methoxy groups -OCH3 is 2. The van der Waals surface area contributed by atoms with E-state index in [2.05, 4.69) is 31.2 Å². The summed E-state index contributed by atoms with van der Waals surface area (Å²) in [5, 5.41) is 0. The molecule has 4 heteroatoms. The molecule has 0 unspecified atom stereocenters. The van der Waals surface area contributed by atoms with Crippen molar-refractivity contribution < 1.29 is 9.47 Å². The largest absolute Gasteiger partial charge is 0.493 e. The quantitative estimate of drug-likeness (QED) is 0.413. The van der Waals surface area contributed by atoms with Gasteiger partial charge in [-0.25, -0.2) is 9.97 Å². The summed E-state index contributed by atoms with van der Waals surface area (Å²) < 4.78 is 10.8. The van der Waals surface area contributed by atoms with E-state index in [1.54, 1.807) is 14.2 Å². The molecule has 0 radical (unpaired) electrons. The van der Waals surface area contributed by atoms with Crippen molar-refractivity contribution >= 4 is 22.7 Å². The normalized spacial score (nSPS) is 13.4. The van der Waals surface area contributed by atoms with Gasteiger partial charge >= 0.3 is 0 Å². The Hall–Kier alpha value is -3.66. The molecule has 1 aliphatic carbocycles. The zero-order chi connectivity index (χ0) is 20.0. The third-order valence-electron chi connectivity index (χ3n) is 5.26. The van der Waals surface area contributed by atoms with E-state index in [0.29, 0.717) is 11.5 Å². The van der Waals surface area contributed by atoms with E-state index < -0.39 is 0 Å². The molecule has 0 spiro atoms. The highest BCUT2D eigenvalue weighted by Crippen LogP contribution is 2.44. The number of benzene rings is 3. The number of nitrogens with zero attached hydrogens (tertiary/aromatic N) is 2. The molecule has 0 N–H and O–H groups in total. The predicted molar refractivity (Wildman–Crippen MR) is 116 cm³/mol. The topological polar surface area (TPSA) is 44.2 Å². The van der Waals surface area contributed by atoms with E-state index >= 15 is 0 Å². The molecule has 142 valence electrons. The summed E-state index contributed by atoms with van der Waals surface area (Å²) in [6.07, 6.45) is 2.15. The first-order valence-corrected chi connectivity index (χ1v) is 9.50. The molecule has 0 saturated heterocycles. The van der Waals surface area contributed by atoms with Crippen LogP contribution in [-0.4, -0.2) is 24.2 Å². The first-order chi connectivity index (χ1) is 14.2. The van der Waals surface area contributed by atoms with Crippen LogP contribution in [0.5, 0.6) is 11.5 Å². The van der Waals surface area contributed by atoms with E-state index in [0.717, 1.165) is 44.7 Å². The number of aromatic nitrogens is 2. The van der Waals surface area contributed by atoms with Crippen molar-refractivity contribution in [2.24, 2.45) is 0 Å². The second-order valence-electron chi connectivity index (χ2n) is 7.13. The predicted octanol–water partition coefficient (Wildman–Crippen LogP) is 5.52. The van der Waals surface area contributed by atoms with Gasteiger partial charge in [-0.1, -0.05) is 42.0 Å². The molecule has 0 fully saturated rings. The van der Waals surface area contributed by atoms with Gasteiger partial charge in [-0.3, -0.25) is 0 Å². The summed E-state index contributed by atoms with van der Waals surface area (Å²) >= 11 is 0. The lowest BCUT2D eigenvalue weighted by Crippen LogP contribution is -1.93. The van der Waals surface area contributed by atoms with E-state index in [4.69, 9.17) is 19.4 Å². The van der Waals surface area contributed by atoms with Gasteiger partial charge in [0, 0.05) is 11.1 Å². The molecule has 0 aliphatic heterocycles. The van der Waals surface area contributed by atoms with Crippen molar-refractivity contribution in [3.05, 3.63) is 83.0 Å². The maximum absolute atomic E-state index is 5.47. The van der Waals surface area contributed by atoms with Crippen molar-refractivity contribution in [2.75, 3.05) is 14.2 Å². The Morgan fingerprint density at radius 1 is 0.724 bits per heavy atom. The highest BCUT2D eigenvalue weighted by Gasteiger charge is 2.27. The lowest BCUT2D eigenvalue weighted by molar-refractivity contribution is 0.355. The van der Waals surface area contributed by atoms with Crippen LogP contribution in [0.15, 0.2) is 60.7 Å². The number of para-hydroxylation sites is 2. The van der Waals surface area contributed by atoms with Crippen molar-refractivity contribution in [3.8, 4) is 22.8 Å². The van der Waals surface area contributed by atoms with E-state index in [1.165, 1.54) is 5.56 Å². The Labute approximate surface area is 169 Å². The number of fused-ring (bicyclic) bond motifs is 4. The molecule has 4 aromatic rings. The van der Waals surface area contributed by atoms with Gasteiger partial charge in [-0.05, 0) is 48.4 Å². The van der Waals surface area contributed by atoms with Crippen LogP contribution >= 0.6 is 0 Å². The van der Waals surface area contributed by atoms with E-state index in [-0.39, 0.29) is 0 Å². The Morgan fingerprint density at radius 2 is 1.45 bits per heavy atom. The fourth-order valence-corrected chi connectivity index (χ4v) is 3.85. The minimum atomic E-state index is 0.703. The van der Waals surface area contributed by atoms with Gasteiger partial charge in [0.1, 0.15) is 0 Å². The first kappa shape index (κ1) is 17.4. The van der Waals surface area contributed by atoms with Gasteiger partial charge in [0.15, 0.2) is 11.5 Å². The van der Waals surface area contributed by atoms with Gasteiger partial charge in [0.2, 0.25) is 0 Å². The second kappa shape index (κ2) is 6.74. The molecule has 0 bridgehead atoms. The Bertz CT molecular complexity index is 1290. The third kappa shape index (κ3) is 2.85. The lowest BCUT2D eigenvalue weighted by atomic mass is 10.0. The van der Waals surface area contributed by atoms with Crippen LogP contribution in [0, 0.1) is 6.92 Å². The van der Waals surface area contributed by atoms with Gasteiger partial charge in [0.05, 0.1) is 36.6 Å². The lowest BCUT2D eigenvalue weighted by Gasteiger charge is -2.09. The Balaban J connectivity index is 1.76. The number of aryl methyl sites for hydroxylation is 1. The highest BCUT2D eigenvalue weighted by molar-refractivity contribution is 6.05. The summed E-state index contributed by atoms with van der Waals surface area (Å²) in [5.41, 5.74) is 9.24. The van der Waals surface area contributed by atoms with Crippen molar-refractivity contribution in [2.45, 2.75) is 6.92 Å². The van der Waals surface area contributed by atoms with Crippen molar-refractivity contribution in [1.29, 1.82) is 0 Å². The number of ether oxygens (including phenoxy) is 2. The van der Waals surface area contributed by atoms with Gasteiger partial charge in [-0.15, -0.1) is 0 Å². The van der Waals surface area contributed by atoms with Gasteiger partial charge < -0.3 is 9.47 Å². The Kier molecular flexibility index (Phi) is 4.06. The monoisotopic (exact) mass is 380 g/mol. The molecule has 5 rings (SSSR count). The third-order valence-corrected chi connectivity index (χ3v) is 5.26. The van der Waals surface area contributed by atoms with Crippen molar-refractivity contribution in [3.63, 3.8) is 0 Å². The van der Waals surface area contributed by atoms with Crippen LogP contribution in [0.3, 0.4) is 0 Å². The molecule has 0 atom stereocenters. The van der Waals surface area contributed by atoms with E-state index in [9.17, 15) is 0 Å². The molecule has 1 aliphatic rings. The van der Waals surface area contributed by atoms with Crippen LogP contribution in [-0.2, 0) is 0 Å². The SMILES string of the molecule is COc1ccc(C=C2c3cc(C)ccc3-c3nc4ccccc4nc32)cc1OC. The van der Waals surface area contributed by atoms with E-state index in [1.807, 2.05) is 42.5 Å². The molecule has 0 amide bonds. The molecule has 0 saturated carbocycles. The van der Waals surface area contributed by atoms with Gasteiger partial charge in [0.25, 0.3) is 0 Å². The molecule has 29 heavy (non-hydrogen) atoms. The zero-order valence-electron chi connectivity index (χ0n) is 16.6. The molecule has 3 aromatic carbocycles. The zero-order valence-corrected chi connectivity index (χ0v) is 16.6. The van der Waals surface area contributed by atoms with Crippen molar-refractivity contribution in [1.82, 2.24) is 9.97 Å². The minimum Gasteiger partial charge on any atom is -0.493 e. The maximum Gasteiger partial charge on any atom is 0.161 e. The molecule has 4 nitrogen and oxygen atoms in total.